The number of unbranched alkanes of at least 4 members (excludes halogenated alkanes) is 1. The summed E-state index contributed by atoms with van der Waals surface area (Å²) in [6, 6.07) is 4.75. The normalized spacial score (nSPS) is 10.7. The van der Waals surface area contributed by atoms with E-state index in [0.29, 0.717) is 23.4 Å². The van der Waals surface area contributed by atoms with Gasteiger partial charge in [0.25, 0.3) is 0 Å². The number of hydrogen-bond acceptors (Lipinski definition) is 3. The lowest BCUT2D eigenvalue weighted by Gasteiger charge is -2.08. The summed E-state index contributed by atoms with van der Waals surface area (Å²) in [5.41, 5.74) is 0. The topological polar surface area (TPSA) is 30.5 Å². The quantitative estimate of drug-likeness (QED) is 0.666. The largest absolute Gasteiger partial charge is 0.492 e. The van der Waals surface area contributed by atoms with Gasteiger partial charge in [-0.2, -0.15) is 0 Å². The maximum Gasteiger partial charge on any atom is 0.141 e. The molecule has 19 heavy (non-hydrogen) atoms. The average Bonchev–Trinajstić information content (AvgIpc) is 2.41. The molecule has 0 saturated carbocycles. The Labute approximate surface area is 122 Å². The first-order valence-corrected chi connectivity index (χ1v) is 7.39. The second kappa shape index (κ2) is 10.2. The Morgan fingerprint density at radius 2 is 2.00 bits per heavy atom. The van der Waals surface area contributed by atoms with Gasteiger partial charge in [-0.15, -0.1) is 0 Å². The van der Waals surface area contributed by atoms with E-state index >= 15 is 0 Å². The third kappa shape index (κ3) is 7.50. The van der Waals surface area contributed by atoms with Gasteiger partial charge < -0.3 is 14.8 Å². The van der Waals surface area contributed by atoms with Crippen molar-refractivity contribution in [3.8, 4) is 5.75 Å². The molecule has 0 bridgehead atoms. The predicted octanol–water partition coefficient (Wildman–Crippen LogP) is 3.37. The Kier molecular flexibility index (Phi) is 8.79. The minimum Gasteiger partial charge on any atom is -0.492 e. The smallest absolute Gasteiger partial charge is 0.141 e. The number of hydrogen-bond donors (Lipinski definition) is 1. The van der Waals surface area contributed by atoms with Crippen LogP contribution in [0, 0.1) is 5.82 Å². The van der Waals surface area contributed by atoms with Crippen LogP contribution in [0.25, 0.3) is 0 Å². The first-order valence-electron chi connectivity index (χ1n) is 6.60. The predicted molar refractivity (Wildman–Crippen MR) is 78.2 cm³/mol. The first-order chi connectivity index (χ1) is 9.24. The molecule has 5 heteroatoms. The molecule has 0 saturated heterocycles. The lowest BCUT2D eigenvalue weighted by Crippen LogP contribution is -2.25. The maximum absolute atomic E-state index is 13.2. The molecule has 3 nitrogen and oxygen atoms in total. The first kappa shape index (κ1) is 16.4. The van der Waals surface area contributed by atoms with Crippen LogP contribution in [0.3, 0.4) is 0 Å². The summed E-state index contributed by atoms with van der Waals surface area (Å²) >= 11 is 3.10. The van der Waals surface area contributed by atoms with Crippen LogP contribution in [-0.4, -0.2) is 32.9 Å². The molecule has 0 radical (unpaired) electrons. The van der Waals surface area contributed by atoms with Crippen molar-refractivity contribution < 1.29 is 13.9 Å². The van der Waals surface area contributed by atoms with Crippen LogP contribution in [0.15, 0.2) is 22.7 Å². The molecule has 0 atom stereocenters. The molecule has 0 fully saturated rings. The average molecular weight is 334 g/mol. The zero-order valence-electron chi connectivity index (χ0n) is 11.3. The van der Waals surface area contributed by atoms with Gasteiger partial charge in [-0.25, -0.2) is 4.39 Å². The number of rotatable bonds is 10. The van der Waals surface area contributed by atoms with E-state index in [1.165, 1.54) is 6.07 Å². The molecule has 0 amide bonds. The van der Waals surface area contributed by atoms with Gasteiger partial charge in [-0.05, 0) is 34.5 Å². The molecule has 0 aromatic heterocycles. The Morgan fingerprint density at radius 1 is 1.21 bits per heavy atom. The lowest BCUT2D eigenvalue weighted by molar-refractivity contribution is 0.132. The molecule has 0 unspecified atom stereocenters. The van der Waals surface area contributed by atoms with E-state index in [1.54, 1.807) is 12.1 Å². The van der Waals surface area contributed by atoms with E-state index < -0.39 is 0 Å². The second-order valence-electron chi connectivity index (χ2n) is 4.14. The maximum atomic E-state index is 13.2. The monoisotopic (exact) mass is 333 g/mol. The van der Waals surface area contributed by atoms with Gasteiger partial charge in [0.2, 0.25) is 0 Å². The van der Waals surface area contributed by atoms with Crippen molar-refractivity contribution in [2.45, 2.75) is 19.8 Å². The number of ether oxygens (including phenoxy) is 2. The summed E-state index contributed by atoms with van der Waals surface area (Å²) in [7, 11) is 0. The molecule has 108 valence electrons. The lowest BCUT2D eigenvalue weighted by atomic mass is 10.3. The third-order valence-electron chi connectivity index (χ3n) is 2.50. The van der Waals surface area contributed by atoms with Crippen molar-refractivity contribution in [1.82, 2.24) is 5.32 Å². The highest BCUT2D eigenvalue weighted by Crippen LogP contribution is 2.20. The fourth-order valence-corrected chi connectivity index (χ4v) is 1.67. The zero-order chi connectivity index (χ0) is 13.9. The molecule has 1 N–H and O–H groups in total. The molecule has 0 aliphatic rings. The van der Waals surface area contributed by atoms with Crippen LogP contribution in [0.5, 0.6) is 5.75 Å². The fourth-order valence-electron chi connectivity index (χ4n) is 1.43. The Hall–Kier alpha value is -0.650. The Bertz CT molecular complexity index is 363. The molecule has 0 aliphatic carbocycles. The molecule has 1 rings (SSSR count). The van der Waals surface area contributed by atoms with Crippen LogP contribution >= 0.6 is 15.9 Å². The molecule has 1 aromatic rings. The molecule has 0 spiro atoms. The van der Waals surface area contributed by atoms with Gasteiger partial charge in [0.05, 0.1) is 11.1 Å². The molecule has 0 heterocycles. The summed E-state index contributed by atoms with van der Waals surface area (Å²) in [4.78, 5) is 0. The minimum absolute atomic E-state index is 0.310. The summed E-state index contributed by atoms with van der Waals surface area (Å²) < 4.78 is 24.5. The van der Waals surface area contributed by atoms with Crippen molar-refractivity contribution in [3.05, 3.63) is 28.5 Å². The van der Waals surface area contributed by atoms with Gasteiger partial charge in [-0.3, -0.25) is 0 Å². The van der Waals surface area contributed by atoms with Gasteiger partial charge in [0.15, 0.2) is 0 Å². The summed E-state index contributed by atoms with van der Waals surface area (Å²) in [6.07, 6.45) is 2.27. The van der Waals surface area contributed by atoms with Crippen molar-refractivity contribution in [2.75, 3.05) is 32.9 Å². The summed E-state index contributed by atoms with van der Waals surface area (Å²) in [5.74, 6) is 0.233. The van der Waals surface area contributed by atoms with Gasteiger partial charge in [-0.1, -0.05) is 13.3 Å². The van der Waals surface area contributed by atoms with Crippen molar-refractivity contribution in [2.24, 2.45) is 0 Å². The van der Waals surface area contributed by atoms with Gasteiger partial charge in [0.1, 0.15) is 18.2 Å². The minimum atomic E-state index is -0.310. The Morgan fingerprint density at radius 3 is 2.74 bits per heavy atom. The second-order valence-corrected chi connectivity index (χ2v) is 4.99. The van der Waals surface area contributed by atoms with E-state index in [0.717, 1.165) is 32.5 Å². The van der Waals surface area contributed by atoms with Crippen molar-refractivity contribution in [3.63, 3.8) is 0 Å². The highest BCUT2D eigenvalue weighted by Gasteiger charge is 2.00. The summed E-state index contributed by atoms with van der Waals surface area (Å²) in [6.45, 7) is 5.72. The van der Waals surface area contributed by atoms with Crippen LogP contribution in [0.4, 0.5) is 4.39 Å². The standard InChI is InChI=1S/C14H21BrFNO2/c1-2-3-8-18-9-6-17-7-10-19-12-4-5-13(15)14(16)11-12/h4-5,11,17H,2-3,6-10H2,1H3. The van der Waals surface area contributed by atoms with E-state index in [4.69, 9.17) is 9.47 Å². The number of nitrogens with one attached hydrogen (secondary N) is 1. The third-order valence-corrected chi connectivity index (χ3v) is 3.15. The van der Waals surface area contributed by atoms with E-state index in [9.17, 15) is 4.39 Å². The number of halogens is 2. The van der Waals surface area contributed by atoms with Gasteiger partial charge in [0, 0.05) is 25.8 Å². The van der Waals surface area contributed by atoms with Crippen LogP contribution in [-0.2, 0) is 4.74 Å². The van der Waals surface area contributed by atoms with E-state index in [2.05, 4.69) is 28.2 Å². The number of benzene rings is 1. The van der Waals surface area contributed by atoms with Crippen LogP contribution in [0.1, 0.15) is 19.8 Å². The van der Waals surface area contributed by atoms with Crippen LogP contribution < -0.4 is 10.1 Å². The van der Waals surface area contributed by atoms with Crippen molar-refractivity contribution in [1.29, 1.82) is 0 Å². The van der Waals surface area contributed by atoms with Crippen LogP contribution in [0.2, 0.25) is 0 Å². The zero-order valence-corrected chi connectivity index (χ0v) is 12.8. The highest BCUT2D eigenvalue weighted by atomic mass is 79.9. The highest BCUT2D eigenvalue weighted by molar-refractivity contribution is 9.10. The molecule has 1 aromatic carbocycles. The fraction of sp³-hybridized carbons (Fsp3) is 0.571. The SMILES string of the molecule is CCCCOCCNCCOc1ccc(Br)c(F)c1. The molecule has 0 aliphatic heterocycles. The van der Waals surface area contributed by atoms with Gasteiger partial charge >= 0.3 is 0 Å². The molecular formula is C14H21BrFNO2. The summed E-state index contributed by atoms with van der Waals surface area (Å²) in [5, 5.41) is 3.21. The Balaban J connectivity index is 2.00. The van der Waals surface area contributed by atoms with E-state index in [1.807, 2.05) is 0 Å². The molecular weight excluding hydrogens is 313 g/mol. The van der Waals surface area contributed by atoms with Crippen molar-refractivity contribution >= 4 is 15.9 Å². The van der Waals surface area contributed by atoms with E-state index in [-0.39, 0.29) is 5.82 Å².